The molecule has 4 aromatic rings. The third-order valence-electron chi connectivity index (χ3n) is 6.56. The molecular formula is C27H26N6O3S. The Balaban J connectivity index is 1.21. The number of hydrogen-bond donors (Lipinski definition) is 3. The molecule has 5 rings (SSSR count). The number of nitrogens with one attached hydrogen (secondary N) is 2. The lowest BCUT2D eigenvalue weighted by Crippen LogP contribution is -2.33. The first-order valence-electron chi connectivity index (χ1n) is 11.9. The fourth-order valence-corrected chi connectivity index (χ4v) is 5.12. The average Bonchev–Trinajstić information content (AvgIpc) is 3.52. The number of anilines is 1. The molecule has 1 atom stereocenters. The van der Waals surface area contributed by atoms with Gasteiger partial charge in [-0.2, -0.15) is 0 Å². The quantitative estimate of drug-likeness (QED) is 0.344. The zero-order valence-electron chi connectivity index (χ0n) is 20.5. The molecule has 0 unspecified atom stereocenters. The average molecular weight is 515 g/mol. The minimum Gasteiger partial charge on any atom is -0.395 e. The van der Waals surface area contributed by atoms with E-state index in [0.29, 0.717) is 27.8 Å². The molecule has 0 fully saturated rings. The minimum absolute atomic E-state index is 0.0311. The van der Waals surface area contributed by atoms with Gasteiger partial charge < -0.3 is 15.7 Å². The Morgan fingerprint density at radius 2 is 1.86 bits per heavy atom. The topological polar surface area (TPSA) is 130 Å². The summed E-state index contributed by atoms with van der Waals surface area (Å²) in [5, 5.41) is 17.4. The second-order valence-electron chi connectivity index (χ2n) is 9.31. The van der Waals surface area contributed by atoms with Crippen LogP contribution in [0.1, 0.15) is 40.5 Å². The molecule has 9 nitrogen and oxygen atoms in total. The van der Waals surface area contributed by atoms with E-state index in [2.05, 4.69) is 30.6 Å². The minimum atomic E-state index is -0.381. The smallest absolute Gasteiger partial charge is 0.251 e. The molecule has 37 heavy (non-hydrogen) atoms. The molecule has 0 bridgehead atoms. The first kappa shape index (κ1) is 24.7. The lowest BCUT2D eigenvalue weighted by Gasteiger charge is -2.22. The molecule has 1 aliphatic carbocycles. The van der Waals surface area contributed by atoms with Gasteiger partial charge in [-0.15, -0.1) is 11.3 Å². The summed E-state index contributed by atoms with van der Waals surface area (Å²) in [4.78, 5) is 42.7. The van der Waals surface area contributed by atoms with Crippen molar-refractivity contribution in [2.24, 2.45) is 0 Å². The number of nitrogens with zero attached hydrogens (tertiary/aromatic N) is 4. The molecule has 0 saturated carbocycles. The number of aliphatic hydroxyl groups excluding tert-OH is 1. The Morgan fingerprint density at radius 3 is 2.65 bits per heavy atom. The molecule has 2 amide bonds. The van der Waals surface area contributed by atoms with Gasteiger partial charge in [-0.05, 0) is 61.2 Å². The zero-order chi connectivity index (χ0) is 26.0. The van der Waals surface area contributed by atoms with Crippen molar-refractivity contribution in [3.8, 4) is 22.8 Å². The molecular weight excluding hydrogens is 488 g/mol. The van der Waals surface area contributed by atoms with Crippen LogP contribution >= 0.6 is 11.3 Å². The zero-order valence-corrected chi connectivity index (χ0v) is 21.3. The van der Waals surface area contributed by atoms with Gasteiger partial charge in [0, 0.05) is 22.1 Å². The van der Waals surface area contributed by atoms with E-state index in [0.717, 1.165) is 35.4 Å². The highest BCUT2D eigenvalue weighted by atomic mass is 32.1. The van der Waals surface area contributed by atoms with E-state index in [-0.39, 0.29) is 30.4 Å². The number of rotatable bonds is 7. The van der Waals surface area contributed by atoms with Gasteiger partial charge in [0.05, 0.1) is 30.2 Å². The number of thiazole rings is 1. The van der Waals surface area contributed by atoms with E-state index in [9.17, 15) is 14.7 Å². The highest BCUT2D eigenvalue weighted by Crippen LogP contribution is 2.38. The Kier molecular flexibility index (Phi) is 6.77. The van der Waals surface area contributed by atoms with Crippen LogP contribution in [0.4, 0.5) is 5.13 Å². The molecule has 188 valence electrons. The predicted molar refractivity (Wildman–Crippen MR) is 141 cm³/mol. The molecule has 3 aromatic heterocycles. The third-order valence-corrected chi connectivity index (χ3v) is 7.31. The van der Waals surface area contributed by atoms with Crippen LogP contribution in [0.3, 0.4) is 0 Å². The molecule has 0 radical (unpaired) electrons. The lowest BCUT2D eigenvalue weighted by molar-refractivity contribution is -0.115. The number of pyridine rings is 1. The molecule has 0 saturated heterocycles. The Morgan fingerprint density at radius 1 is 1.05 bits per heavy atom. The number of hydrogen-bond acceptors (Lipinski definition) is 8. The number of benzene rings is 1. The van der Waals surface area contributed by atoms with E-state index in [1.807, 2.05) is 55.6 Å². The van der Waals surface area contributed by atoms with Crippen LogP contribution in [0.25, 0.3) is 22.8 Å². The summed E-state index contributed by atoms with van der Waals surface area (Å²) in [6.07, 6.45) is 3.24. The summed E-state index contributed by atoms with van der Waals surface area (Å²) in [6.45, 7) is 3.73. The number of carbonyl (C=O) groups excluding carboxylic acids is 2. The van der Waals surface area contributed by atoms with Gasteiger partial charge in [-0.25, -0.2) is 19.9 Å². The first-order chi connectivity index (χ1) is 17.8. The van der Waals surface area contributed by atoms with Crippen molar-refractivity contribution < 1.29 is 14.7 Å². The van der Waals surface area contributed by atoms with Crippen molar-refractivity contribution in [3.63, 3.8) is 0 Å². The largest absolute Gasteiger partial charge is 0.395 e. The van der Waals surface area contributed by atoms with Crippen LogP contribution < -0.4 is 10.6 Å². The van der Waals surface area contributed by atoms with Crippen molar-refractivity contribution in [2.75, 3.05) is 18.5 Å². The van der Waals surface area contributed by atoms with Crippen molar-refractivity contribution in [3.05, 3.63) is 76.6 Å². The van der Waals surface area contributed by atoms with Crippen molar-refractivity contribution in [1.29, 1.82) is 0 Å². The number of fused-ring (bicyclic) bond motifs is 1. The van der Waals surface area contributed by atoms with Gasteiger partial charge in [0.15, 0.2) is 5.13 Å². The SMILES string of the molecule is Cc1cc(-c2cccc(-c3csc(NC(=O)CNC(=O)c4ccc5c(c4)[C@](C)(CO)CC5)n3)n2)ncn1. The van der Waals surface area contributed by atoms with Gasteiger partial charge in [-0.1, -0.05) is 19.1 Å². The number of aromatic nitrogens is 4. The van der Waals surface area contributed by atoms with Crippen molar-refractivity contribution in [2.45, 2.75) is 32.1 Å². The van der Waals surface area contributed by atoms with Gasteiger partial charge in [0.2, 0.25) is 5.91 Å². The highest BCUT2D eigenvalue weighted by Gasteiger charge is 2.34. The summed E-state index contributed by atoms with van der Waals surface area (Å²) in [5.74, 6) is -0.722. The van der Waals surface area contributed by atoms with E-state index in [4.69, 9.17) is 0 Å². The maximum atomic E-state index is 12.7. The molecule has 1 aromatic carbocycles. The van der Waals surface area contributed by atoms with Gasteiger partial charge in [0.1, 0.15) is 12.0 Å². The standard InChI is InChI=1S/C27H26N6O3S/c1-16-10-22(30-15-29-16)20-4-3-5-21(31-20)23-13-37-26(32-23)33-24(35)12-28-25(36)18-7-6-17-8-9-27(2,14-34)19(17)11-18/h3-7,10-11,13,15,34H,8-9,12,14H2,1-2H3,(H,28,36)(H,32,33,35)/t27-/m0/s1. The van der Waals surface area contributed by atoms with Crippen molar-refractivity contribution in [1.82, 2.24) is 25.3 Å². The third kappa shape index (κ3) is 5.25. The van der Waals surface area contributed by atoms with Crippen molar-refractivity contribution >= 4 is 28.3 Å². The first-order valence-corrected chi connectivity index (χ1v) is 12.8. The summed E-state index contributed by atoms with van der Waals surface area (Å²) in [5.41, 5.74) is 5.83. The second-order valence-corrected chi connectivity index (χ2v) is 10.2. The number of aryl methyl sites for hydroxylation is 2. The van der Waals surface area contributed by atoms with E-state index >= 15 is 0 Å². The summed E-state index contributed by atoms with van der Waals surface area (Å²) in [7, 11) is 0. The number of carbonyl (C=O) groups is 2. The Labute approximate surface area is 218 Å². The van der Waals surface area contributed by atoms with E-state index in [1.54, 1.807) is 6.07 Å². The normalized spacial score (nSPS) is 16.3. The summed E-state index contributed by atoms with van der Waals surface area (Å²) < 4.78 is 0. The Bertz CT molecular complexity index is 1490. The molecule has 10 heteroatoms. The fourth-order valence-electron chi connectivity index (χ4n) is 4.40. The fraction of sp³-hybridized carbons (Fsp3) is 0.259. The Hall–Kier alpha value is -4.02. The van der Waals surface area contributed by atoms with Crippen LogP contribution in [0.2, 0.25) is 0 Å². The summed E-state index contributed by atoms with van der Waals surface area (Å²) >= 11 is 1.28. The van der Waals surface area contributed by atoms with E-state index < -0.39 is 0 Å². The molecule has 0 spiro atoms. The van der Waals surface area contributed by atoms with Crippen LogP contribution in [0.15, 0.2) is 54.2 Å². The number of aliphatic hydroxyl groups is 1. The van der Waals surface area contributed by atoms with Crippen LogP contribution in [-0.4, -0.2) is 50.0 Å². The number of amides is 2. The monoisotopic (exact) mass is 514 g/mol. The molecule has 0 aliphatic heterocycles. The van der Waals surface area contributed by atoms with Crippen LogP contribution in [0.5, 0.6) is 0 Å². The van der Waals surface area contributed by atoms with Crippen LogP contribution in [0, 0.1) is 6.92 Å². The highest BCUT2D eigenvalue weighted by molar-refractivity contribution is 7.14. The molecule has 3 N–H and O–H groups in total. The maximum absolute atomic E-state index is 12.7. The van der Waals surface area contributed by atoms with Crippen LogP contribution in [-0.2, 0) is 16.6 Å². The van der Waals surface area contributed by atoms with Gasteiger partial charge in [0.25, 0.3) is 5.91 Å². The summed E-state index contributed by atoms with van der Waals surface area (Å²) in [6, 6.07) is 13.0. The van der Waals surface area contributed by atoms with Gasteiger partial charge in [-0.3, -0.25) is 9.59 Å². The maximum Gasteiger partial charge on any atom is 0.251 e. The lowest BCUT2D eigenvalue weighted by atomic mass is 9.84. The second kappa shape index (κ2) is 10.2. The molecule has 1 aliphatic rings. The van der Waals surface area contributed by atoms with Gasteiger partial charge >= 0.3 is 0 Å². The predicted octanol–water partition coefficient (Wildman–Crippen LogP) is 3.54. The van der Waals surface area contributed by atoms with E-state index in [1.165, 1.54) is 17.7 Å². The molecule has 3 heterocycles.